The molecule has 1 aromatic heterocycles. The highest BCUT2D eigenvalue weighted by Crippen LogP contribution is 2.99. The van der Waals surface area contributed by atoms with E-state index in [0.29, 0.717) is 0 Å². The normalized spacial score (nSPS) is 12.5. The summed E-state index contributed by atoms with van der Waals surface area (Å²) >= 11 is 0. The Morgan fingerprint density at radius 1 is 0.138 bits per heavy atom. The second-order valence-corrected chi connectivity index (χ2v) is 37.9. The van der Waals surface area contributed by atoms with Gasteiger partial charge in [-0.15, -0.1) is 0 Å². The smallest absolute Gasteiger partial charge is 0.0142 e. The molecule has 0 saturated carbocycles. The molecule has 1 heterocycles. The quantitative estimate of drug-likeness (QED) is 0.128. The van der Waals surface area contributed by atoms with Crippen LogP contribution in [0.25, 0.3) is 82.2 Å². The molecule has 0 atom stereocenters. The Morgan fingerprint density at radius 2 is 0.277 bits per heavy atom. The Balaban J connectivity index is 1.43. The molecule has 10 aromatic carbocycles. The molecule has 65 heavy (non-hydrogen) atoms. The lowest BCUT2D eigenvalue weighted by atomic mass is 10.1. The second-order valence-electron chi connectivity index (χ2n) is 15.9. The van der Waals surface area contributed by atoms with Crippen molar-refractivity contribution in [1.29, 1.82) is 0 Å². The van der Waals surface area contributed by atoms with Crippen LogP contribution in [0, 0.1) is 0 Å². The number of hydrogen-bond acceptors (Lipinski definition) is 0. The van der Waals surface area contributed by atoms with Crippen molar-refractivity contribution in [3.05, 3.63) is 273 Å². The van der Waals surface area contributed by atoms with Gasteiger partial charge in [0, 0.05) is 26.5 Å². The van der Waals surface area contributed by atoms with Crippen molar-refractivity contribution < 1.29 is 0 Å². The van der Waals surface area contributed by atoms with Gasteiger partial charge < -0.3 is 0 Å². The summed E-state index contributed by atoms with van der Waals surface area (Å²) in [5.74, 6) is 0. The first kappa shape index (κ1) is 41.4. The average molecular weight is 921 g/mol. The molecule has 0 fully saturated rings. The Bertz CT molecular complexity index is 2850. The van der Waals surface area contributed by atoms with Gasteiger partial charge in [0.05, 0.1) is 0 Å². The first-order valence-corrected chi connectivity index (χ1v) is 32.3. The predicted molar refractivity (Wildman–Crippen MR) is 291 cm³/mol. The first-order valence-electron chi connectivity index (χ1n) is 22.1. The van der Waals surface area contributed by atoms with Gasteiger partial charge in [0.15, 0.2) is 0 Å². The first-order chi connectivity index (χ1) is 32.3. The molecule has 0 amide bonds. The van der Waals surface area contributed by atoms with Crippen molar-refractivity contribution in [2.24, 2.45) is 0 Å². The predicted octanol–water partition coefficient (Wildman–Crippen LogP) is 21.0. The van der Waals surface area contributed by atoms with Crippen LogP contribution in [0.15, 0.2) is 273 Å². The fourth-order valence-electron chi connectivity index (χ4n) is 8.97. The topological polar surface area (TPSA) is 0 Å². The summed E-state index contributed by atoms with van der Waals surface area (Å²) in [4.78, 5) is 0. The minimum atomic E-state index is -0.878. The van der Waals surface area contributed by atoms with Crippen LogP contribution >= 0.6 is 34.4 Å². The average Bonchev–Trinajstić information content (AvgIpc) is 3.75. The maximum Gasteiger partial charge on any atom is 0.0142 e. The molecule has 0 nitrogen and oxygen atoms in total. The maximum absolute atomic E-state index is 2.54. The highest BCUT2D eigenvalue weighted by Gasteiger charge is 2.32. The largest absolute Gasteiger partial charge is 0.0622 e. The molecule has 0 aliphatic heterocycles. The summed E-state index contributed by atoms with van der Waals surface area (Å²) in [6.45, 7) is -4.39. The van der Waals surface area contributed by atoms with E-state index in [-0.39, 0.29) is 0 Å². The molecule has 0 unspecified atom stereocenters. The zero-order chi connectivity index (χ0) is 43.4. The van der Waals surface area contributed by atoms with E-state index in [1.54, 1.807) is 0 Å². The third-order valence-electron chi connectivity index (χ3n) is 11.9. The van der Waals surface area contributed by atoms with Gasteiger partial charge in [0.2, 0.25) is 0 Å². The van der Waals surface area contributed by atoms with Crippen LogP contribution in [0.3, 0.4) is 0 Å². The van der Waals surface area contributed by atoms with Gasteiger partial charge in [-0.05, 0) is 120 Å². The van der Waals surface area contributed by atoms with E-state index in [9.17, 15) is 0 Å². The highest BCUT2D eigenvalue weighted by molar-refractivity contribution is 8.78. The molecule has 0 bridgehead atoms. The molecular formula is C60H45P5. The highest BCUT2D eigenvalue weighted by atomic mass is 32.7. The summed E-state index contributed by atoms with van der Waals surface area (Å²) < 4.78 is 0. The van der Waals surface area contributed by atoms with Crippen molar-refractivity contribution in [2.45, 2.75) is 0 Å². The van der Waals surface area contributed by atoms with Crippen LogP contribution in [0.2, 0.25) is 0 Å². The SMILES string of the molecule is c1ccc(-c2ccccc2-p2p(-c3ccccc3-c3ccccc3)p(-c3ccccc3-c3ccccc3)p(-c3ccccc3-c3ccccc3)p2-c2ccccc2-c2ccccc2)cc1. The van der Waals surface area contributed by atoms with Crippen molar-refractivity contribution in [1.82, 2.24) is 0 Å². The molecule has 0 N–H and O–H groups in total. The van der Waals surface area contributed by atoms with Crippen molar-refractivity contribution in [3.63, 3.8) is 0 Å². The summed E-state index contributed by atoms with van der Waals surface area (Å²) in [6, 6.07) is 104. The minimum Gasteiger partial charge on any atom is -0.0622 e. The van der Waals surface area contributed by atoms with Gasteiger partial charge in [0.25, 0.3) is 0 Å². The van der Waals surface area contributed by atoms with Crippen LogP contribution in [-0.2, 0) is 0 Å². The van der Waals surface area contributed by atoms with E-state index < -0.39 is 34.4 Å². The zero-order valence-corrected chi connectivity index (χ0v) is 40.2. The Labute approximate surface area is 387 Å². The lowest BCUT2D eigenvalue weighted by Crippen LogP contribution is -1.82. The number of benzene rings is 10. The molecule has 11 aromatic rings. The number of rotatable bonds is 10. The Morgan fingerprint density at radius 3 is 0.446 bits per heavy atom. The number of hydrogen-bond donors (Lipinski definition) is 0. The van der Waals surface area contributed by atoms with E-state index in [4.69, 9.17) is 0 Å². The van der Waals surface area contributed by atoms with Gasteiger partial charge in [0.1, 0.15) is 0 Å². The zero-order valence-electron chi connectivity index (χ0n) is 35.7. The molecule has 0 aliphatic rings. The standard InChI is InChI=1S/C60H45P5/c1-6-26-46(27-7-1)51-36-16-21-41-56(51)61-62(57-42-22-17-37-52(57)47-28-8-2-9-29-47)64(59-44-24-19-39-54(59)49-32-12-4-13-33-49)65(60-45-25-20-40-55(60)50-34-14-5-15-35-50)63(61)58-43-23-18-38-53(58)48-30-10-3-11-31-48/h1-45H. The van der Waals surface area contributed by atoms with E-state index >= 15 is 0 Å². The van der Waals surface area contributed by atoms with Gasteiger partial charge in [-0.25, -0.2) is 0 Å². The fraction of sp³-hybridized carbons (Fsp3) is 0. The third kappa shape index (κ3) is 8.10. The van der Waals surface area contributed by atoms with Crippen LogP contribution in [0.5, 0.6) is 0 Å². The third-order valence-corrected chi connectivity index (χ3v) is 52.1. The summed E-state index contributed by atoms with van der Waals surface area (Å²) in [6.07, 6.45) is 0. The van der Waals surface area contributed by atoms with Crippen molar-refractivity contribution in [2.75, 3.05) is 0 Å². The molecule has 11 rings (SSSR count). The van der Waals surface area contributed by atoms with Gasteiger partial charge in [-0.3, -0.25) is 0 Å². The summed E-state index contributed by atoms with van der Waals surface area (Å²) in [5.41, 5.74) is 13.3. The molecule has 0 aliphatic carbocycles. The summed E-state index contributed by atoms with van der Waals surface area (Å²) in [7, 11) is 0. The van der Waals surface area contributed by atoms with Crippen LogP contribution in [0.4, 0.5) is 0 Å². The molecular weight excluding hydrogens is 876 g/mol. The molecule has 0 saturated heterocycles. The molecule has 0 radical (unpaired) electrons. The van der Waals surface area contributed by atoms with E-state index in [1.165, 1.54) is 82.2 Å². The van der Waals surface area contributed by atoms with Crippen molar-refractivity contribution in [3.8, 4) is 82.2 Å². The van der Waals surface area contributed by atoms with Gasteiger partial charge in [-0.2, -0.15) is 0 Å². The van der Waals surface area contributed by atoms with Crippen molar-refractivity contribution >= 4 is 34.4 Å². The molecule has 0 spiro atoms. The maximum atomic E-state index is 2.54. The lowest BCUT2D eigenvalue weighted by molar-refractivity contribution is 1.64. The van der Waals surface area contributed by atoms with E-state index in [2.05, 4.69) is 273 Å². The van der Waals surface area contributed by atoms with Gasteiger partial charge in [-0.1, -0.05) is 243 Å². The Kier molecular flexibility index (Phi) is 12.1. The van der Waals surface area contributed by atoms with Gasteiger partial charge >= 0.3 is 0 Å². The lowest BCUT2D eigenvalue weighted by Gasteiger charge is -2.20. The fourth-order valence-corrected chi connectivity index (χ4v) is 74.8. The second kappa shape index (κ2) is 19.0. The molecule has 310 valence electrons. The van der Waals surface area contributed by atoms with E-state index in [0.717, 1.165) is 0 Å². The van der Waals surface area contributed by atoms with Crippen LogP contribution in [0.1, 0.15) is 0 Å². The van der Waals surface area contributed by atoms with Crippen LogP contribution < -0.4 is 0 Å². The molecule has 5 heteroatoms. The summed E-state index contributed by atoms with van der Waals surface area (Å²) in [5, 5.41) is 7.66. The Hall–Kier alpha value is -6.30. The monoisotopic (exact) mass is 920 g/mol. The minimum absolute atomic E-state index is 0.878. The van der Waals surface area contributed by atoms with E-state index in [1.807, 2.05) is 0 Å². The van der Waals surface area contributed by atoms with Crippen LogP contribution in [-0.4, -0.2) is 0 Å².